The van der Waals surface area contributed by atoms with Crippen molar-refractivity contribution in [3.63, 3.8) is 0 Å². The summed E-state index contributed by atoms with van der Waals surface area (Å²) in [6, 6.07) is 14.2. The lowest BCUT2D eigenvalue weighted by atomic mass is 10.2. The van der Waals surface area contributed by atoms with Crippen LogP contribution in [0.15, 0.2) is 48.7 Å². The highest BCUT2D eigenvalue weighted by molar-refractivity contribution is 5.33. The van der Waals surface area contributed by atoms with Gasteiger partial charge in [0.2, 0.25) is 0 Å². The van der Waals surface area contributed by atoms with E-state index in [-0.39, 0.29) is 0 Å². The predicted molar refractivity (Wildman–Crippen MR) is 94.4 cm³/mol. The molecule has 0 fully saturated rings. The van der Waals surface area contributed by atoms with Gasteiger partial charge in [0.05, 0.1) is 12.8 Å². The second-order valence-corrected chi connectivity index (χ2v) is 5.78. The summed E-state index contributed by atoms with van der Waals surface area (Å²) in [4.78, 5) is 4.52. The Kier molecular flexibility index (Phi) is 4.91. The minimum Gasteiger partial charge on any atom is -0.496 e. The van der Waals surface area contributed by atoms with Crippen molar-refractivity contribution in [3.8, 4) is 11.6 Å². The summed E-state index contributed by atoms with van der Waals surface area (Å²) in [5.74, 6) is 1.75. The number of aromatic nitrogens is 3. The van der Waals surface area contributed by atoms with Crippen LogP contribution >= 0.6 is 0 Å². The molecule has 0 aliphatic rings. The monoisotopic (exact) mass is 322 g/mol. The minimum atomic E-state index is 0.752. The lowest BCUT2D eigenvalue weighted by Crippen LogP contribution is -2.13. The van der Waals surface area contributed by atoms with Crippen LogP contribution in [0, 0.1) is 13.8 Å². The molecule has 5 heteroatoms. The third kappa shape index (κ3) is 3.63. The van der Waals surface area contributed by atoms with E-state index in [0.29, 0.717) is 0 Å². The molecule has 2 aromatic heterocycles. The van der Waals surface area contributed by atoms with Crippen LogP contribution in [0.1, 0.15) is 22.5 Å². The van der Waals surface area contributed by atoms with E-state index in [9.17, 15) is 0 Å². The molecular formula is C19H22N4O. The Balaban J connectivity index is 1.61. The number of rotatable bonds is 6. The Labute approximate surface area is 142 Å². The van der Waals surface area contributed by atoms with E-state index in [2.05, 4.69) is 27.5 Å². The van der Waals surface area contributed by atoms with E-state index in [4.69, 9.17) is 4.74 Å². The highest BCUT2D eigenvalue weighted by atomic mass is 16.5. The maximum Gasteiger partial charge on any atom is 0.153 e. The molecule has 0 spiro atoms. The van der Waals surface area contributed by atoms with E-state index in [1.54, 1.807) is 7.11 Å². The van der Waals surface area contributed by atoms with E-state index in [1.165, 1.54) is 0 Å². The van der Waals surface area contributed by atoms with Crippen LogP contribution in [-0.2, 0) is 13.1 Å². The molecule has 124 valence electrons. The van der Waals surface area contributed by atoms with Gasteiger partial charge in [0.1, 0.15) is 5.75 Å². The minimum absolute atomic E-state index is 0.752. The summed E-state index contributed by atoms with van der Waals surface area (Å²) >= 11 is 0. The molecule has 0 saturated carbocycles. The first-order chi connectivity index (χ1) is 11.7. The van der Waals surface area contributed by atoms with Crippen molar-refractivity contribution in [3.05, 3.63) is 71.2 Å². The Bertz CT molecular complexity index is 808. The average Bonchev–Trinajstić information content (AvgIpc) is 2.94. The second-order valence-electron chi connectivity index (χ2n) is 5.78. The molecule has 3 aromatic rings. The number of benzene rings is 1. The fraction of sp³-hybridized carbons (Fsp3) is 0.263. The number of pyridine rings is 1. The normalized spacial score (nSPS) is 10.8. The highest BCUT2D eigenvalue weighted by Crippen LogP contribution is 2.17. The fourth-order valence-electron chi connectivity index (χ4n) is 2.70. The van der Waals surface area contributed by atoms with Gasteiger partial charge in [-0.15, -0.1) is 0 Å². The van der Waals surface area contributed by atoms with Gasteiger partial charge in [-0.3, -0.25) is 0 Å². The van der Waals surface area contributed by atoms with Crippen LogP contribution in [0.4, 0.5) is 0 Å². The lowest BCUT2D eigenvalue weighted by Gasteiger charge is -2.10. The molecule has 0 amide bonds. The van der Waals surface area contributed by atoms with Crippen molar-refractivity contribution in [2.24, 2.45) is 0 Å². The smallest absolute Gasteiger partial charge is 0.153 e. The SMILES string of the molecule is COc1ccccc1CNCc1ccc(-n2nc(C)cc2C)nc1. The van der Waals surface area contributed by atoms with Crippen molar-refractivity contribution in [1.82, 2.24) is 20.1 Å². The predicted octanol–water partition coefficient (Wildman–Crippen LogP) is 3.18. The zero-order chi connectivity index (χ0) is 16.9. The molecule has 0 bridgehead atoms. The van der Waals surface area contributed by atoms with Crippen LogP contribution in [0.25, 0.3) is 5.82 Å². The lowest BCUT2D eigenvalue weighted by molar-refractivity contribution is 0.407. The van der Waals surface area contributed by atoms with E-state index >= 15 is 0 Å². The van der Waals surface area contributed by atoms with Crippen molar-refractivity contribution < 1.29 is 4.74 Å². The molecule has 1 N–H and O–H groups in total. The third-order valence-corrected chi connectivity index (χ3v) is 3.87. The Hall–Kier alpha value is -2.66. The Morgan fingerprint density at radius 3 is 2.58 bits per heavy atom. The fourth-order valence-corrected chi connectivity index (χ4v) is 2.70. The molecular weight excluding hydrogens is 300 g/mol. The molecule has 5 nitrogen and oxygen atoms in total. The van der Waals surface area contributed by atoms with Crippen molar-refractivity contribution >= 4 is 0 Å². The first kappa shape index (κ1) is 16.2. The van der Waals surface area contributed by atoms with Gasteiger partial charge in [0, 0.05) is 30.5 Å². The molecule has 0 aliphatic carbocycles. The van der Waals surface area contributed by atoms with E-state index in [1.807, 2.05) is 55.1 Å². The molecule has 3 rings (SSSR count). The number of nitrogens with zero attached hydrogens (tertiary/aromatic N) is 3. The maximum absolute atomic E-state index is 5.36. The van der Waals surface area contributed by atoms with Crippen LogP contribution < -0.4 is 10.1 Å². The topological polar surface area (TPSA) is 52.0 Å². The second kappa shape index (κ2) is 7.27. The number of para-hydroxylation sites is 1. The first-order valence-electron chi connectivity index (χ1n) is 7.98. The Morgan fingerprint density at radius 1 is 1.08 bits per heavy atom. The number of methoxy groups -OCH3 is 1. The van der Waals surface area contributed by atoms with Crippen molar-refractivity contribution in [2.45, 2.75) is 26.9 Å². The number of ether oxygens (including phenoxy) is 1. The van der Waals surface area contributed by atoms with Gasteiger partial charge in [-0.25, -0.2) is 9.67 Å². The van der Waals surface area contributed by atoms with Crippen molar-refractivity contribution in [1.29, 1.82) is 0 Å². The summed E-state index contributed by atoms with van der Waals surface area (Å²) in [6.07, 6.45) is 1.89. The van der Waals surface area contributed by atoms with Crippen LogP contribution in [-0.4, -0.2) is 21.9 Å². The molecule has 1 aromatic carbocycles. The van der Waals surface area contributed by atoms with Crippen LogP contribution in [0.5, 0.6) is 5.75 Å². The summed E-state index contributed by atoms with van der Waals surface area (Å²) in [7, 11) is 1.69. The molecule has 0 radical (unpaired) electrons. The number of aryl methyl sites for hydroxylation is 2. The van der Waals surface area contributed by atoms with Gasteiger partial charge in [-0.2, -0.15) is 5.10 Å². The largest absolute Gasteiger partial charge is 0.496 e. The quantitative estimate of drug-likeness (QED) is 0.757. The summed E-state index contributed by atoms with van der Waals surface area (Å²) in [5, 5.41) is 7.88. The third-order valence-electron chi connectivity index (χ3n) is 3.87. The molecule has 0 saturated heterocycles. The zero-order valence-corrected chi connectivity index (χ0v) is 14.3. The number of nitrogens with one attached hydrogen (secondary N) is 1. The van der Waals surface area contributed by atoms with Gasteiger partial charge in [0.25, 0.3) is 0 Å². The first-order valence-corrected chi connectivity index (χ1v) is 7.98. The molecule has 0 aliphatic heterocycles. The van der Waals surface area contributed by atoms with E-state index < -0.39 is 0 Å². The zero-order valence-electron chi connectivity index (χ0n) is 14.3. The molecule has 0 atom stereocenters. The molecule has 0 unspecified atom stereocenters. The number of hydrogen-bond donors (Lipinski definition) is 1. The summed E-state index contributed by atoms with van der Waals surface area (Å²) < 4.78 is 7.23. The van der Waals surface area contributed by atoms with Gasteiger partial charge < -0.3 is 10.1 Å². The Morgan fingerprint density at radius 2 is 1.92 bits per heavy atom. The van der Waals surface area contributed by atoms with E-state index in [0.717, 1.165) is 47.2 Å². The summed E-state index contributed by atoms with van der Waals surface area (Å²) in [6.45, 7) is 5.52. The maximum atomic E-state index is 5.36. The van der Waals surface area contributed by atoms with Gasteiger partial charge in [0.15, 0.2) is 5.82 Å². The van der Waals surface area contributed by atoms with Gasteiger partial charge in [-0.05, 0) is 37.6 Å². The standard InChI is InChI=1S/C19H22N4O/c1-14-10-15(2)23(22-14)19-9-8-16(12-21-19)11-20-13-17-6-4-5-7-18(17)24-3/h4-10,12,20H,11,13H2,1-3H3. The van der Waals surface area contributed by atoms with Gasteiger partial charge in [-0.1, -0.05) is 24.3 Å². The van der Waals surface area contributed by atoms with Gasteiger partial charge >= 0.3 is 0 Å². The number of hydrogen-bond acceptors (Lipinski definition) is 4. The molecule has 2 heterocycles. The molecule has 24 heavy (non-hydrogen) atoms. The highest BCUT2D eigenvalue weighted by Gasteiger charge is 2.05. The summed E-state index contributed by atoms with van der Waals surface area (Å²) in [5.41, 5.74) is 4.36. The average molecular weight is 322 g/mol. The van der Waals surface area contributed by atoms with Crippen molar-refractivity contribution in [2.75, 3.05) is 7.11 Å². The van der Waals surface area contributed by atoms with Crippen LogP contribution in [0.2, 0.25) is 0 Å². The van der Waals surface area contributed by atoms with Crippen LogP contribution in [0.3, 0.4) is 0 Å².